The Balaban J connectivity index is 2.94. The second kappa shape index (κ2) is 7.07. The third-order valence-electron chi connectivity index (χ3n) is 4.05. The van der Waals surface area contributed by atoms with Gasteiger partial charge in [-0.3, -0.25) is 4.79 Å². The van der Waals surface area contributed by atoms with Gasteiger partial charge in [0.1, 0.15) is 0 Å². The van der Waals surface area contributed by atoms with Gasteiger partial charge in [0, 0.05) is 4.47 Å². The van der Waals surface area contributed by atoms with Crippen molar-refractivity contribution in [3.8, 4) is 0 Å². The van der Waals surface area contributed by atoms with E-state index in [1.54, 1.807) is 6.92 Å². The molecule has 118 valence electrons. The Bertz CT molecular complexity index is 507. The molecule has 3 nitrogen and oxygen atoms in total. The normalized spacial score (nSPS) is 12.3. The summed E-state index contributed by atoms with van der Waals surface area (Å²) in [5.41, 5.74) is 2.07. The fourth-order valence-electron chi connectivity index (χ4n) is 1.97. The van der Waals surface area contributed by atoms with Gasteiger partial charge in [-0.2, -0.15) is 0 Å². The molecule has 21 heavy (non-hydrogen) atoms. The predicted octanol–water partition coefficient (Wildman–Crippen LogP) is 4.07. The van der Waals surface area contributed by atoms with Crippen molar-refractivity contribution in [3.05, 3.63) is 33.8 Å². The van der Waals surface area contributed by atoms with E-state index < -0.39 is 8.32 Å². The molecule has 1 N–H and O–H groups in total. The average molecular weight is 373 g/mol. The van der Waals surface area contributed by atoms with Gasteiger partial charge in [0.05, 0.1) is 13.0 Å². The molecule has 0 radical (unpaired) electrons. The molecule has 0 saturated heterocycles. The van der Waals surface area contributed by atoms with Crippen molar-refractivity contribution in [3.63, 3.8) is 0 Å². The summed E-state index contributed by atoms with van der Waals surface area (Å²) in [6.07, 6.45) is 1.06. The van der Waals surface area contributed by atoms with Crippen LogP contribution in [-0.4, -0.2) is 25.7 Å². The Morgan fingerprint density at radius 1 is 1.38 bits per heavy atom. The number of rotatable bonds is 6. The highest BCUT2D eigenvalue weighted by atomic mass is 79.9. The van der Waals surface area contributed by atoms with Gasteiger partial charge in [0.2, 0.25) is 0 Å². The predicted molar refractivity (Wildman–Crippen MR) is 91.9 cm³/mol. The van der Waals surface area contributed by atoms with Crippen LogP contribution in [-0.2, 0) is 22.4 Å². The van der Waals surface area contributed by atoms with Crippen molar-refractivity contribution in [1.29, 1.82) is 0 Å². The number of hydrogen-bond acceptors (Lipinski definition) is 3. The third-order valence-corrected chi connectivity index (χ3v) is 8.32. The number of ether oxygens (including phenoxy) is 1. The van der Waals surface area contributed by atoms with Crippen LogP contribution in [0, 0.1) is 0 Å². The van der Waals surface area contributed by atoms with E-state index in [2.05, 4.69) is 29.8 Å². The molecule has 0 atom stereocenters. The summed E-state index contributed by atoms with van der Waals surface area (Å²) >= 11 is 3.48. The van der Waals surface area contributed by atoms with Gasteiger partial charge in [-0.05, 0) is 48.7 Å². The van der Waals surface area contributed by atoms with E-state index in [0.717, 1.165) is 22.0 Å². The van der Waals surface area contributed by atoms with E-state index in [4.69, 9.17) is 4.74 Å². The van der Waals surface area contributed by atoms with Crippen LogP contribution in [0.25, 0.3) is 0 Å². The lowest BCUT2D eigenvalue weighted by atomic mass is 9.99. The molecule has 0 heterocycles. The van der Waals surface area contributed by atoms with Crippen LogP contribution < -0.4 is 0 Å². The van der Waals surface area contributed by atoms with Gasteiger partial charge < -0.3 is 9.53 Å². The fraction of sp³-hybridized carbons (Fsp3) is 0.562. The molecule has 1 aromatic rings. The Morgan fingerprint density at radius 2 is 2.00 bits per heavy atom. The first-order valence-corrected chi connectivity index (χ1v) is 11.0. The lowest BCUT2D eigenvalue weighted by molar-refractivity contribution is -0.142. The van der Waals surface area contributed by atoms with Crippen LogP contribution >= 0.6 is 15.9 Å². The number of halogens is 1. The van der Waals surface area contributed by atoms with Gasteiger partial charge in [0.25, 0.3) is 0 Å². The zero-order chi connectivity index (χ0) is 16.3. The molecule has 0 spiro atoms. The Labute approximate surface area is 137 Å². The van der Waals surface area contributed by atoms with Crippen LogP contribution in [0.15, 0.2) is 22.7 Å². The maximum absolute atomic E-state index is 11.6. The summed E-state index contributed by atoms with van der Waals surface area (Å²) < 4.78 is 5.92. The molecule has 0 aliphatic carbocycles. The average Bonchev–Trinajstić information content (AvgIpc) is 2.32. The highest BCUT2D eigenvalue weighted by Gasteiger charge is 2.37. The number of carbonyl (C=O) groups excluding carboxylic acids is 1. The lowest BCUT2D eigenvalue weighted by Gasteiger charge is -2.35. The van der Waals surface area contributed by atoms with Crippen molar-refractivity contribution >= 4 is 30.2 Å². The summed E-state index contributed by atoms with van der Waals surface area (Å²) in [7, 11) is -2.25. The highest BCUT2D eigenvalue weighted by molar-refractivity contribution is 9.10. The number of hydrogen-bond donors (Lipinski definition) is 1. The number of benzene rings is 1. The summed E-state index contributed by atoms with van der Waals surface area (Å²) in [4.78, 5) is 22.0. The van der Waals surface area contributed by atoms with Crippen molar-refractivity contribution in [2.24, 2.45) is 0 Å². The van der Waals surface area contributed by atoms with Gasteiger partial charge in [-0.25, -0.2) is 0 Å². The molecule has 0 unspecified atom stereocenters. The van der Waals surface area contributed by atoms with E-state index in [-0.39, 0.29) is 17.4 Å². The maximum Gasteiger partial charge on any atom is 0.310 e. The summed E-state index contributed by atoms with van der Waals surface area (Å²) in [6, 6.07) is 6.04. The van der Waals surface area contributed by atoms with E-state index in [1.165, 1.54) is 0 Å². The van der Waals surface area contributed by atoms with Gasteiger partial charge >= 0.3 is 5.97 Å². The van der Waals surface area contributed by atoms with Crippen LogP contribution in [0.2, 0.25) is 18.1 Å². The smallest absolute Gasteiger partial charge is 0.310 e. The fourth-order valence-corrected chi connectivity index (χ4v) is 2.99. The SMILES string of the molecule is CCOC(=O)Cc1cc(CC(C)(C)[Si](C)(C)O)ccc1Br. The number of esters is 1. The topological polar surface area (TPSA) is 46.5 Å². The van der Waals surface area contributed by atoms with Crippen LogP contribution in [0.5, 0.6) is 0 Å². The Hall–Kier alpha value is -0.653. The minimum absolute atomic E-state index is 0.123. The first-order chi connectivity index (χ1) is 9.56. The van der Waals surface area contributed by atoms with Crippen LogP contribution in [0.4, 0.5) is 0 Å². The van der Waals surface area contributed by atoms with Gasteiger partial charge in [0.15, 0.2) is 8.32 Å². The summed E-state index contributed by atoms with van der Waals surface area (Å²) in [6.45, 7) is 10.3. The minimum atomic E-state index is -2.25. The molecule has 0 fully saturated rings. The Kier molecular flexibility index (Phi) is 6.19. The van der Waals surface area contributed by atoms with Crippen molar-refractivity contribution < 1.29 is 14.3 Å². The van der Waals surface area contributed by atoms with Crippen molar-refractivity contribution in [1.82, 2.24) is 0 Å². The first kappa shape index (κ1) is 18.4. The molecule has 0 aliphatic rings. The third kappa shape index (κ3) is 5.24. The molecule has 5 heteroatoms. The molecule has 0 bridgehead atoms. The van der Waals surface area contributed by atoms with E-state index in [9.17, 15) is 9.59 Å². The second-order valence-electron chi connectivity index (χ2n) is 6.53. The number of carbonyl (C=O) groups is 1. The molecular formula is C16H25BrO3Si. The largest absolute Gasteiger partial charge is 0.466 e. The zero-order valence-corrected chi connectivity index (χ0v) is 16.1. The highest BCUT2D eigenvalue weighted by Crippen LogP contribution is 2.39. The Morgan fingerprint density at radius 3 is 2.52 bits per heavy atom. The van der Waals surface area contributed by atoms with E-state index >= 15 is 0 Å². The monoisotopic (exact) mass is 372 g/mol. The first-order valence-electron chi connectivity index (χ1n) is 7.22. The zero-order valence-electron chi connectivity index (χ0n) is 13.5. The molecule has 0 saturated carbocycles. The molecule has 0 aliphatic heterocycles. The van der Waals surface area contributed by atoms with Crippen LogP contribution in [0.3, 0.4) is 0 Å². The molecular weight excluding hydrogens is 348 g/mol. The quantitative estimate of drug-likeness (QED) is 0.604. The second-order valence-corrected chi connectivity index (χ2v) is 11.9. The molecule has 0 amide bonds. The van der Waals surface area contributed by atoms with Crippen LogP contribution in [0.1, 0.15) is 31.9 Å². The summed E-state index contributed by atoms with van der Waals surface area (Å²) in [5.74, 6) is -0.216. The molecule has 1 rings (SSSR count). The van der Waals surface area contributed by atoms with E-state index in [1.807, 2.05) is 31.3 Å². The van der Waals surface area contributed by atoms with Gasteiger partial charge in [-0.15, -0.1) is 0 Å². The minimum Gasteiger partial charge on any atom is -0.466 e. The molecule has 1 aromatic carbocycles. The lowest BCUT2D eigenvalue weighted by Crippen LogP contribution is -2.40. The standard InChI is InChI=1S/C16H25BrO3Si/c1-6-20-15(18)10-13-9-12(7-8-14(13)17)11-16(2,3)21(4,5)19/h7-9,19H,6,10-11H2,1-5H3. The van der Waals surface area contributed by atoms with E-state index in [0.29, 0.717) is 6.61 Å². The van der Waals surface area contributed by atoms with Crippen molar-refractivity contribution in [2.45, 2.75) is 51.7 Å². The van der Waals surface area contributed by atoms with Gasteiger partial charge in [-0.1, -0.05) is 41.9 Å². The molecule has 0 aromatic heterocycles. The summed E-state index contributed by atoms with van der Waals surface area (Å²) in [5, 5.41) is -0.123. The van der Waals surface area contributed by atoms with Crippen molar-refractivity contribution in [2.75, 3.05) is 6.61 Å². The maximum atomic E-state index is 11.6.